The number of sulfonamides is 1. The lowest BCUT2D eigenvalue weighted by molar-refractivity contribution is -0.149. The van der Waals surface area contributed by atoms with Gasteiger partial charge in [0.25, 0.3) is 0 Å². The van der Waals surface area contributed by atoms with Crippen LogP contribution in [0.4, 0.5) is 0 Å². The summed E-state index contributed by atoms with van der Waals surface area (Å²) in [4.78, 5) is 14.8. The van der Waals surface area contributed by atoms with Crippen LogP contribution >= 0.6 is 0 Å². The monoisotopic (exact) mass is 374 g/mol. The van der Waals surface area contributed by atoms with E-state index < -0.39 is 16.2 Å². The standard InChI is InChI=1S/C20H26N2O3S/c1-4-14-21-19(5-2)22(18-9-7-6-8-17(18)20(21)23)26(24,25)16-12-10-15(3)11-13-16/h4-5,10-13,17-19H,1-2,6-9,14H2,3H3/t17-,18+,19-/m1/s1. The van der Waals surface area contributed by atoms with E-state index in [2.05, 4.69) is 13.2 Å². The number of hydrogen-bond donors (Lipinski definition) is 0. The molecule has 0 unspecified atom stereocenters. The molecule has 1 aromatic rings. The molecule has 1 heterocycles. The molecule has 1 aliphatic carbocycles. The van der Waals surface area contributed by atoms with Crippen LogP contribution in [0.3, 0.4) is 0 Å². The van der Waals surface area contributed by atoms with Crippen LogP contribution in [0, 0.1) is 12.8 Å². The van der Waals surface area contributed by atoms with E-state index in [1.165, 1.54) is 4.31 Å². The van der Waals surface area contributed by atoms with Gasteiger partial charge in [0.15, 0.2) is 0 Å². The first-order chi connectivity index (χ1) is 12.4. The van der Waals surface area contributed by atoms with Crippen LogP contribution in [-0.4, -0.2) is 42.3 Å². The second kappa shape index (κ2) is 7.37. The van der Waals surface area contributed by atoms with Crippen LogP contribution in [-0.2, 0) is 14.8 Å². The summed E-state index contributed by atoms with van der Waals surface area (Å²) in [5.74, 6) is -0.282. The van der Waals surface area contributed by atoms with E-state index in [4.69, 9.17) is 0 Å². The third-order valence-corrected chi connectivity index (χ3v) is 7.28. The highest BCUT2D eigenvalue weighted by molar-refractivity contribution is 7.89. The predicted octanol–water partition coefficient (Wildman–Crippen LogP) is 3.08. The molecule has 1 aromatic carbocycles. The van der Waals surface area contributed by atoms with E-state index >= 15 is 0 Å². The smallest absolute Gasteiger partial charge is 0.245 e. The van der Waals surface area contributed by atoms with Gasteiger partial charge in [-0.3, -0.25) is 4.79 Å². The molecule has 1 aliphatic heterocycles. The molecule has 0 aromatic heterocycles. The fraction of sp³-hybridized carbons (Fsp3) is 0.450. The Hall–Kier alpha value is -1.92. The van der Waals surface area contributed by atoms with Crippen LogP contribution in [0.1, 0.15) is 31.2 Å². The minimum absolute atomic E-state index is 0.00913. The summed E-state index contributed by atoms with van der Waals surface area (Å²) in [5.41, 5.74) is 1.00. The van der Waals surface area contributed by atoms with E-state index in [1.54, 1.807) is 41.3 Å². The molecule has 2 fully saturated rings. The van der Waals surface area contributed by atoms with Crippen molar-refractivity contribution in [2.24, 2.45) is 5.92 Å². The van der Waals surface area contributed by atoms with Crippen LogP contribution in [0.2, 0.25) is 0 Å². The Labute approximate surface area is 156 Å². The van der Waals surface area contributed by atoms with Gasteiger partial charge in [0, 0.05) is 12.6 Å². The molecule has 0 bridgehead atoms. The fourth-order valence-corrected chi connectivity index (χ4v) is 5.92. The first-order valence-corrected chi connectivity index (χ1v) is 10.5. The average Bonchev–Trinajstić information content (AvgIpc) is 2.64. The van der Waals surface area contributed by atoms with Crippen LogP contribution < -0.4 is 0 Å². The molecule has 1 saturated carbocycles. The minimum Gasteiger partial charge on any atom is -0.318 e. The fourth-order valence-electron chi connectivity index (χ4n) is 4.10. The molecule has 0 radical (unpaired) electrons. The highest BCUT2D eigenvalue weighted by atomic mass is 32.2. The Morgan fingerprint density at radius 2 is 1.81 bits per heavy atom. The Morgan fingerprint density at radius 3 is 2.42 bits per heavy atom. The number of amides is 1. The third kappa shape index (κ3) is 3.12. The largest absolute Gasteiger partial charge is 0.318 e. The Morgan fingerprint density at radius 1 is 1.15 bits per heavy atom. The van der Waals surface area contributed by atoms with Gasteiger partial charge in [0.2, 0.25) is 15.9 Å². The van der Waals surface area contributed by atoms with Gasteiger partial charge in [-0.15, -0.1) is 6.58 Å². The molecule has 2 aliphatic rings. The third-order valence-electron chi connectivity index (χ3n) is 5.37. The number of carbonyl (C=O) groups excluding carboxylic acids is 1. The molecule has 140 valence electrons. The first-order valence-electron chi connectivity index (χ1n) is 9.06. The molecule has 0 spiro atoms. The quantitative estimate of drug-likeness (QED) is 0.744. The topological polar surface area (TPSA) is 57.7 Å². The maximum atomic E-state index is 13.5. The van der Waals surface area contributed by atoms with E-state index in [0.29, 0.717) is 13.0 Å². The second-order valence-electron chi connectivity index (χ2n) is 7.03. The summed E-state index contributed by atoms with van der Waals surface area (Å²) in [6.45, 7) is 9.77. The van der Waals surface area contributed by atoms with Gasteiger partial charge in [0.1, 0.15) is 6.17 Å². The zero-order valence-electron chi connectivity index (χ0n) is 15.2. The number of rotatable bonds is 5. The number of nitrogens with zero attached hydrogens (tertiary/aromatic N) is 2. The number of benzene rings is 1. The van der Waals surface area contributed by atoms with Crippen molar-refractivity contribution in [3.63, 3.8) is 0 Å². The van der Waals surface area contributed by atoms with Crippen molar-refractivity contribution in [2.75, 3.05) is 6.54 Å². The highest BCUT2D eigenvalue weighted by Crippen LogP contribution is 2.39. The van der Waals surface area contributed by atoms with E-state index in [9.17, 15) is 13.2 Å². The molecular formula is C20H26N2O3S. The van der Waals surface area contributed by atoms with Gasteiger partial charge in [-0.2, -0.15) is 4.31 Å². The Balaban J connectivity index is 2.10. The molecule has 1 amide bonds. The maximum absolute atomic E-state index is 13.5. The van der Waals surface area contributed by atoms with Gasteiger partial charge < -0.3 is 4.90 Å². The molecule has 3 atom stereocenters. The van der Waals surface area contributed by atoms with Crippen molar-refractivity contribution >= 4 is 15.9 Å². The van der Waals surface area contributed by atoms with Crippen LogP contribution in [0.5, 0.6) is 0 Å². The van der Waals surface area contributed by atoms with Crippen molar-refractivity contribution in [3.8, 4) is 0 Å². The highest BCUT2D eigenvalue weighted by Gasteiger charge is 2.51. The molecule has 26 heavy (non-hydrogen) atoms. The van der Waals surface area contributed by atoms with E-state index in [-0.39, 0.29) is 22.8 Å². The van der Waals surface area contributed by atoms with Crippen LogP contribution in [0.25, 0.3) is 0 Å². The van der Waals surface area contributed by atoms with Crippen LogP contribution in [0.15, 0.2) is 54.5 Å². The normalized spacial score (nSPS) is 27.0. The molecule has 3 rings (SSSR count). The zero-order chi connectivity index (χ0) is 18.9. The van der Waals surface area contributed by atoms with Crippen molar-refractivity contribution in [1.29, 1.82) is 0 Å². The average molecular weight is 375 g/mol. The summed E-state index contributed by atoms with van der Waals surface area (Å²) in [6.07, 6.45) is 5.80. The van der Waals surface area contributed by atoms with Crippen molar-refractivity contribution < 1.29 is 13.2 Å². The molecule has 1 saturated heterocycles. The number of aryl methyl sites for hydroxylation is 1. The Bertz CT molecular complexity index is 801. The first kappa shape index (κ1) is 18.9. The summed E-state index contributed by atoms with van der Waals surface area (Å²) in [5, 5.41) is 0. The lowest BCUT2D eigenvalue weighted by Gasteiger charge is -2.50. The van der Waals surface area contributed by atoms with Gasteiger partial charge >= 0.3 is 0 Å². The number of carbonyl (C=O) groups is 1. The van der Waals surface area contributed by atoms with Gasteiger partial charge in [-0.05, 0) is 31.9 Å². The van der Waals surface area contributed by atoms with Gasteiger partial charge in [0.05, 0.1) is 10.8 Å². The minimum atomic E-state index is -3.75. The summed E-state index contributed by atoms with van der Waals surface area (Å²) in [6, 6.07) is 6.55. The lowest BCUT2D eigenvalue weighted by atomic mass is 9.81. The predicted molar refractivity (Wildman–Crippen MR) is 102 cm³/mol. The molecule has 6 heteroatoms. The molecule has 5 nitrogen and oxygen atoms in total. The summed E-state index contributed by atoms with van der Waals surface area (Å²) >= 11 is 0. The SMILES string of the molecule is C=CCN1C(=O)[C@@H]2CCCC[C@@H]2N(S(=O)(=O)c2ccc(C)cc2)[C@@H]1C=C. The lowest BCUT2D eigenvalue weighted by Crippen LogP contribution is -2.65. The summed E-state index contributed by atoms with van der Waals surface area (Å²) in [7, 11) is -3.75. The van der Waals surface area contributed by atoms with Crippen molar-refractivity contribution in [2.45, 2.75) is 49.7 Å². The molecular weight excluding hydrogens is 348 g/mol. The molecule has 0 N–H and O–H groups in total. The number of hydrogen-bond acceptors (Lipinski definition) is 3. The second-order valence-corrected chi connectivity index (χ2v) is 8.88. The van der Waals surface area contributed by atoms with Crippen molar-refractivity contribution in [3.05, 3.63) is 55.1 Å². The van der Waals surface area contributed by atoms with E-state index in [1.807, 2.05) is 6.92 Å². The van der Waals surface area contributed by atoms with Gasteiger partial charge in [-0.1, -0.05) is 49.3 Å². The van der Waals surface area contributed by atoms with Gasteiger partial charge in [-0.25, -0.2) is 8.42 Å². The maximum Gasteiger partial charge on any atom is 0.245 e. The van der Waals surface area contributed by atoms with E-state index in [0.717, 1.165) is 24.8 Å². The summed E-state index contributed by atoms with van der Waals surface area (Å²) < 4.78 is 28.5. The van der Waals surface area contributed by atoms with Crippen molar-refractivity contribution in [1.82, 2.24) is 9.21 Å². The zero-order valence-corrected chi connectivity index (χ0v) is 16.0. The number of fused-ring (bicyclic) bond motifs is 1. The Kier molecular flexibility index (Phi) is 5.34.